The normalized spacial score (nSPS) is 12.1. The van der Waals surface area contributed by atoms with E-state index in [0.29, 0.717) is 0 Å². The predicted octanol–water partition coefficient (Wildman–Crippen LogP) is 3.16. The number of rotatable bonds is 8. The molecule has 0 bridgehead atoms. The molecule has 0 aromatic carbocycles. The Morgan fingerprint density at radius 3 is 2.90 bits per heavy atom. The number of nitrogens with one attached hydrogen (secondary N) is 1. The molecule has 0 saturated carbocycles. The highest BCUT2D eigenvalue weighted by Crippen LogP contribution is 2.21. The number of pyridine rings is 2. The van der Waals surface area contributed by atoms with Gasteiger partial charge < -0.3 is 10.1 Å². The van der Waals surface area contributed by atoms with E-state index < -0.39 is 0 Å². The molecule has 0 spiro atoms. The van der Waals surface area contributed by atoms with E-state index in [2.05, 4.69) is 34.3 Å². The molecule has 2 rings (SSSR count). The fourth-order valence-electron chi connectivity index (χ4n) is 2.28. The maximum Gasteiger partial charge on any atom is 0.137 e. The van der Waals surface area contributed by atoms with E-state index in [1.807, 2.05) is 24.5 Å². The second-order valence-corrected chi connectivity index (χ2v) is 5.02. The van der Waals surface area contributed by atoms with Crippen LogP contribution in [-0.4, -0.2) is 23.6 Å². The van der Waals surface area contributed by atoms with Gasteiger partial charge in [-0.15, -0.1) is 0 Å². The average Bonchev–Trinajstić information content (AvgIpc) is 2.56. The molecular formula is C17H23N3O. The Labute approximate surface area is 126 Å². The van der Waals surface area contributed by atoms with E-state index in [1.165, 1.54) is 5.56 Å². The first-order chi connectivity index (χ1) is 10.3. The Balaban J connectivity index is 2.06. The molecule has 4 nitrogen and oxygen atoms in total. The van der Waals surface area contributed by atoms with Crippen molar-refractivity contribution in [2.24, 2.45) is 0 Å². The zero-order valence-corrected chi connectivity index (χ0v) is 12.7. The van der Waals surface area contributed by atoms with Gasteiger partial charge in [0.15, 0.2) is 0 Å². The quantitative estimate of drug-likeness (QED) is 0.809. The van der Waals surface area contributed by atoms with Crippen LogP contribution in [0.5, 0.6) is 5.75 Å². The first kappa shape index (κ1) is 15.4. The lowest BCUT2D eigenvalue weighted by atomic mass is 10.0. The first-order valence-electron chi connectivity index (χ1n) is 7.45. The number of aryl methyl sites for hydroxylation is 1. The van der Waals surface area contributed by atoms with E-state index in [9.17, 15) is 0 Å². The Morgan fingerprint density at radius 1 is 1.29 bits per heavy atom. The Morgan fingerprint density at radius 2 is 2.19 bits per heavy atom. The van der Waals surface area contributed by atoms with Crippen molar-refractivity contribution in [2.45, 2.75) is 32.2 Å². The third kappa shape index (κ3) is 4.83. The largest absolute Gasteiger partial charge is 0.495 e. The van der Waals surface area contributed by atoms with E-state index in [0.717, 1.165) is 37.3 Å². The summed E-state index contributed by atoms with van der Waals surface area (Å²) >= 11 is 0. The summed E-state index contributed by atoms with van der Waals surface area (Å²) in [5, 5.41) is 3.58. The number of methoxy groups -OCH3 is 1. The molecule has 1 unspecified atom stereocenters. The summed E-state index contributed by atoms with van der Waals surface area (Å²) in [7, 11) is 1.67. The second kappa shape index (κ2) is 8.37. The Kier molecular flexibility index (Phi) is 6.16. The van der Waals surface area contributed by atoms with Gasteiger partial charge in [0.2, 0.25) is 0 Å². The number of hydrogen-bond donors (Lipinski definition) is 1. The monoisotopic (exact) mass is 285 g/mol. The summed E-state index contributed by atoms with van der Waals surface area (Å²) in [5.41, 5.74) is 2.29. The van der Waals surface area contributed by atoms with Crippen molar-refractivity contribution in [2.75, 3.05) is 13.7 Å². The van der Waals surface area contributed by atoms with E-state index >= 15 is 0 Å². The topological polar surface area (TPSA) is 47.0 Å². The zero-order valence-electron chi connectivity index (χ0n) is 12.7. The number of ether oxygens (including phenoxy) is 1. The summed E-state index contributed by atoms with van der Waals surface area (Å²) in [6.07, 6.45) is 8.53. The van der Waals surface area contributed by atoms with Gasteiger partial charge in [-0.25, -0.2) is 0 Å². The molecular weight excluding hydrogens is 262 g/mol. The van der Waals surface area contributed by atoms with Crippen LogP contribution in [0.15, 0.2) is 42.9 Å². The van der Waals surface area contributed by atoms with Crippen molar-refractivity contribution in [3.8, 4) is 5.75 Å². The number of aromatic nitrogens is 2. The van der Waals surface area contributed by atoms with Crippen LogP contribution in [0, 0.1) is 0 Å². The fourth-order valence-corrected chi connectivity index (χ4v) is 2.28. The smallest absolute Gasteiger partial charge is 0.137 e. The van der Waals surface area contributed by atoms with Crippen LogP contribution < -0.4 is 10.1 Å². The molecule has 2 heterocycles. The van der Waals surface area contributed by atoms with Crippen LogP contribution in [0.25, 0.3) is 0 Å². The summed E-state index contributed by atoms with van der Waals surface area (Å²) in [5.74, 6) is 0.800. The highest BCUT2D eigenvalue weighted by molar-refractivity contribution is 5.26. The number of nitrogens with zero attached hydrogens (tertiary/aromatic N) is 2. The summed E-state index contributed by atoms with van der Waals surface area (Å²) in [4.78, 5) is 8.65. The summed E-state index contributed by atoms with van der Waals surface area (Å²) < 4.78 is 5.27. The highest BCUT2D eigenvalue weighted by Gasteiger charge is 2.12. The fraction of sp³-hybridized carbons (Fsp3) is 0.412. The van der Waals surface area contributed by atoms with Gasteiger partial charge in [0.1, 0.15) is 5.75 Å². The average molecular weight is 285 g/mol. The van der Waals surface area contributed by atoms with E-state index in [1.54, 1.807) is 13.3 Å². The minimum absolute atomic E-state index is 0.273. The molecule has 1 N–H and O–H groups in total. The maximum absolute atomic E-state index is 5.27. The molecule has 2 aromatic rings. The van der Waals surface area contributed by atoms with Crippen molar-refractivity contribution < 1.29 is 4.74 Å². The third-order valence-corrected chi connectivity index (χ3v) is 3.43. The standard InChI is InChI=1S/C17H23N3O/c1-3-9-20-17(8-7-15-6-4-5-10-19-15)14-11-16(21-2)13-18-12-14/h4-6,10-13,17,20H,3,7-9H2,1-2H3. The molecule has 0 saturated heterocycles. The lowest BCUT2D eigenvalue weighted by molar-refractivity contribution is 0.410. The van der Waals surface area contributed by atoms with Gasteiger partial charge in [-0.05, 0) is 49.6 Å². The van der Waals surface area contributed by atoms with Gasteiger partial charge in [0, 0.05) is 24.1 Å². The molecule has 2 aromatic heterocycles. The molecule has 1 atom stereocenters. The van der Waals surface area contributed by atoms with Crippen LogP contribution in [0.4, 0.5) is 0 Å². The van der Waals surface area contributed by atoms with Gasteiger partial charge in [-0.3, -0.25) is 9.97 Å². The SMILES string of the molecule is CCCNC(CCc1ccccn1)c1cncc(OC)c1. The van der Waals surface area contributed by atoms with Crippen molar-refractivity contribution >= 4 is 0 Å². The molecule has 0 aliphatic rings. The van der Waals surface area contributed by atoms with Crippen LogP contribution in [0.1, 0.15) is 37.1 Å². The van der Waals surface area contributed by atoms with Gasteiger partial charge in [-0.1, -0.05) is 13.0 Å². The van der Waals surface area contributed by atoms with Crippen LogP contribution >= 0.6 is 0 Å². The highest BCUT2D eigenvalue weighted by atomic mass is 16.5. The van der Waals surface area contributed by atoms with E-state index in [4.69, 9.17) is 4.74 Å². The van der Waals surface area contributed by atoms with Gasteiger partial charge in [-0.2, -0.15) is 0 Å². The molecule has 21 heavy (non-hydrogen) atoms. The van der Waals surface area contributed by atoms with Crippen LogP contribution in [0.3, 0.4) is 0 Å². The minimum Gasteiger partial charge on any atom is -0.495 e. The molecule has 0 fully saturated rings. The third-order valence-electron chi connectivity index (χ3n) is 3.43. The Hall–Kier alpha value is -1.94. The molecule has 4 heteroatoms. The molecule has 0 radical (unpaired) electrons. The van der Waals surface area contributed by atoms with Gasteiger partial charge in [0.25, 0.3) is 0 Å². The van der Waals surface area contributed by atoms with Crippen molar-refractivity contribution in [3.05, 3.63) is 54.1 Å². The lowest BCUT2D eigenvalue weighted by Gasteiger charge is -2.19. The predicted molar refractivity (Wildman–Crippen MR) is 84.4 cm³/mol. The van der Waals surface area contributed by atoms with Crippen molar-refractivity contribution in [1.82, 2.24) is 15.3 Å². The first-order valence-corrected chi connectivity index (χ1v) is 7.45. The molecule has 0 amide bonds. The van der Waals surface area contributed by atoms with Crippen LogP contribution in [-0.2, 0) is 6.42 Å². The minimum atomic E-state index is 0.273. The van der Waals surface area contributed by atoms with Crippen molar-refractivity contribution in [3.63, 3.8) is 0 Å². The zero-order chi connectivity index (χ0) is 14.9. The molecule has 0 aliphatic carbocycles. The number of hydrogen-bond acceptors (Lipinski definition) is 4. The summed E-state index contributed by atoms with van der Waals surface area (Å²) in [6.45, 7) is 3.16. The second-order valence-electron chi connectivity index (χ2n) is 5.02. The van der Waals surface area contributed by atoms with Crippen molar-refractivity contribution in [1.29, 1.82) is 0 Å². The molecule has 112 valence electrons. The summed E-state index contributed by atoms with van der Waals surface area (Å²) in [6, 6.07) is 8.38. The van der Waals surface area contributed by atoms with Crippen LogP contribution in [0.2, 0.25) is 0 Å². The van der Waals surface area contributed by atoms with Gasteiger partial charge in [0.05, 0.1) is 13.3 Å². The molecule has 0 aliphatic heterocycles. The lowest BCUT2D eigenvalue weighted by Crippen LogP contribution is -2.23. The van der Waals surface area contributed by atoms with Gasteiger partial charge >= 0.3 is 0 Å². The maximum atomic E-state index is 5.27. The van der Waals surface area contributed by atoms with E-state index in [-0.39, 0.29) is 6.04 Å². The Bertz CT molecular complexity index is 531.